The molecule has 0 amide bonds. The van der Waals surface area contributed by atoms with E-state index in [-0.39, 0.29) is 5.92 Å². The highest BCUT2D eigenvalue weighted by atomic mass is 31.1. The molecule has 1 N–H and O–H groups in total. The van der Waals surface area contributed by atoms with Crippen molar-refractivity contribution in [2.75, 3.05) is 6.66 Å². The minimum absolute atomic E-state index is 0.172. The molecule has 0 radical (unpaired) electrons. The van der Waals surface area contributed by atoms with Crippen LogP contribution in [0.5, 0.6) is 0 Å². The molecule has 1 fully saturated rings. The van der Waals surface area contributed by atoms with Crippen molar-refractivity contribution in [3.05, 3.63) is 22.5 Å². The van der Waals surface area contributed by atoms with E-state index in [1.54, 1.807) is 16.5 Å². The number of Topliss-reactive ketones (excluding diaryl/α,β-unsaturated/α-hetero) is 1. The van der Waals surface area contributed by atoms with Gasteiger partial charge < -0.3 is 5.11 Å². The van der Waals surface area contributed by atoms with Crippen molar-refractivity contribution in [3.8, 4) is 0 Å². The quantitative estimate of drug-likeness (QED) is 0.161. The molecule has 242 valence electrons. The fourth-order valence-electron chi connectivity index (χ4n) is 6.36. The fraction of sp³-hybridized carbons (Fsp3) is 0.868. The Balaban J connectivity index is 0.00000382. The molecule has 6 atom stereocenters. The second-order valence-corrected chi connectivity index (χ2v) is 15.2. The van der Waals surface area contributed by atoms with E-state index in [0.29, 0.717) is 29.0 Å². The Kier molecular flexibility index (Phi) is 20.3. The molecule has 0 aromatic carbocycles. The van der Waals surface area contributed by atoms with Gasteiger partial charge in [0, 0.05) is 11.8 Å². The number of carbonyl (C=O) groups is 1. The van der Waals surface area contributed by atoms with Crippen LogP contribution in [0.4, 0.5) is 0 Å². The Bertz CT molecular complexity index is 786. The van der Waals surface area contributed by atoms with Crippen LogP contribution in [0.15, 0.2) is 22.5 Å². The summed E-state index contributed by atoms with van der Waals surface area (Å²) >= 11 is 0. The molecule has 0 aliphatic heterocycles. The van der Waals surface area contributed by atoms with Crippen LogP contribution in [0.1, 0.15) is 167 Å². The van der Waals surface area contributed by atoms with Crippen LogP contribution in [-0.4, -0.2) is 23.2 Å². The summed E-state index contributed by atoms with van der Waals surface area (Å²) in [4.78, 5) is 12.2. The molecule has 41 heavy (non-hydrogen) atoms. The van der Waals surface area contributed by atoms with E-state index in [2.05, 4.69) is 61.2 Å². The molecule has 6 unspecified atom stereocenters. The highest BCUT2D eigenvalue weighted by Gasteiger charge is 2.33. The summed E-state index contributed by atoms with van der Waals surface area (Å²) in [7, 11) is 0.914. The van der Waals surface area contributed by atoms with Crippen molar-refractivity contribution in [2.45, 2.75) is 172 Å². The molecule has 0 aromatic heterocycles. The van der Waals surface area contributed by atoms with E-state index in [1.807, 2.05) is 34.6 Å². The minimum atomic E-state index is -0.596. The molecular formula is C38H73O2P. The van der Waals surface area contributed by atoms with Crippen LogP contribution in [-0.2, 0) is 4.79 Å². The van der Waals surface area contributed by atoms with E-state index >= 15 is 0 Å². The van der Waals surface area contributed by atoms with Crippen LogP contribution >= 0.6 is 8.58 Å². The summed E-state index contributed by atoms with van der Waals surface area (Å²) in [5.74, 6) is 3.14. The molecule has 0 bridgehead atoms. The standard InChI is InChI=1S/C34H61O2P.2C2H6/c1-24(15-16-30-23-26(3)27(4)28(5)32(30)37-9)13-10-19-33(6,7)20-12-22-34(8,36)21-11-14-25(2)31(35)29-17-18-29;2*1-2/h23-27,29,36-37H,10-22H2,1-9H3;2*1-2H3. The lowest BCUT2D eigenvalue weighted by Crippen LogP contribution is -2.25. The number of hydrogen-bond donors (Lipinski definition) is 1. The highest BCUT2D eigenvalue weighted by Crippen LogP contribution is 2.43. The Morgan fingerprint density at radius 3 is 2.02 bits per heavy atom. The van der Waals surface area contributed by atoms with Crippen molar-refractivity contribution >= 4 is 14.4 Å². The van der Waals surface area contributed by atoms with Gasteiger partial charge in [-0.15, -0.1) is 0 Å². The molecular weight excluding hydrogens is 519 g/mol. The summed E-state index contributed by atoms with van der Waals surface area (Å²) in [6.45, 7) is 28.8. The summed E-state index contributed by atoms with van der Waals surface area (Å²) in [5, 5.41) is 12.6. The van der Waals surface area contributed by atoms with Crippen LogP contribution in [0.2, 0.25) is 0 Å². The normalized spacial score (nSPS) is 22.2. The molecule has 2 nitrogen and oxygen atoms in total. The molecule has 2 rings (SSSR count). The third-order valence-electron chi connectivity index (χ3n) is 9.74. The van der Waals surface area contributed by atoms with Crippen molar-refractivity contribution in [2.24, 2.45) is 35.0 Å². The number of aliphatic hydroxyl groups is 1. The van der Waals surface area contributed by atoms with Gasteiger partial charge in [-0.25, -0.2) is 0 Å². The summed E-state index contributed by atoms with van der Waals surface area (Å²) < 4.78 is 0. The first-order chi connectivity index (χ1) is 19.3. The SMILES string of the molecule is CC.CC.CPC1=C(C)C(C)C(C)C=C1CCC(C)CCCC(C)(C)CCCC(C)(O)CCCC(C)C(=O)C1CC1. The smallest absolute Gasteiger partial charge is 0.138 e. The number of carbonyl (C=O) groups excluding carboxylic acids is 1. The highest BCUT2D eigenvalue weighted by molar-refractivity contribution is 7.42. The third-order valence-corrected chi connectivity index (χ3v) is 11.0. The first-order valence-corrected chi connectivity index (χ1v) is 19.1. The Morgan fingerprint density at radius 2 is 1.46 bits per heavy atom. The van der Waals surface area contributed by atoms with E-state index < -0.39 is 5.60 Å². The molecule has 2 aliphatic carbocycles. The van der Waals surface area contributed by atoms with E-state index in [4.69, 9.17) is 0 Å². The van der Waals surface area contributed by atoms with Gasteiger partial charge in [0.2, 0.25) is 0 Å². The lowest BCUT2D eigenvalue weighted by atomic mass is 9.79. The van der Waals surface area contributed by atoms with Gasteiger partial charge in [0.05, 0.1) is 5.60 Å². The zero-order valence-electron chi connectivity index (χ0n) is 30.0. The van der Waals surface area contributed by atoms with E-state index in [0.717, 1.165) is 59.4 Å². The predicted molar refractivity (Wildman–Crippen MR) is 187 cm³/mol. The predicted octanol–water partition coefficient (Wildman–Crippen LogP) is 12.2. The Hall–Kier alpha value is -0.460. The fourth-order valence-corrected chi connectivity index (χ4v) is 7.51. The zero-order chi connectivity index (χ0) is 31.8. The molecule has 1 saturated carbocycles. The maximum absolute atomic E-state index is 12.2. The topological polar surface area (TPSA) is 37.3 Å². The lowest BCUT2D eigenvalue weighted by molar-refractivity contribution is -0.123. The van der Waals surface area contributed by atoms with Crippen LogP contribution in [0, 0.1) is 35.0 Å². The van der Waals surface area contributed by atoms with Gasteiger partial charge in [0.1, 0.15) is 5.78 Å². The molecule has 2 aliphatic rings. The van der Waals surface area contributed by atoms with Gasteiger partial charge in [0.25, 0.3) is 0 Å². The average molecular weight is 593 g/mol. The van der Waals surface area contributed by atoms with Gasteiger partial charge in [0.15, 0.2) is 0 Å². The minimum Gasteiger partial charge on any atom is -0.390 e. The van der Waals surface area contributed by atoms with Gasteiger partial charge in [-0.2, -0.15) is 0 Å². The van der Waals surface area contributed by atoms with Gasteiger partial charge in [-0.1, -0.05) is 109 Å². The maximum Gasteiger partial charge on any atom is 0.138 e. The van der Waals surface area contributed by atoms with Crippen LogP contribution in [0.25, 0.3) is 0 Å². The van der Waals surface area contributed by atoms with Crippen molar-refractivity contribution in [3.63, 3.8) is 0 Å². The lowest BCUT2D eigenvalue weighted by Gasteiger charge is -2.30. The zero-order valence-corrected chi connectivity index (χ0v) is 31.0. The van der Waals surface area contributed by atoms with Crippen molar-refractivity contribution in [1.29, 1.82) is 0 Å². The molecule has 0 aromatic rings. The van der Waals surface area contributed by atoms with Gasteiger partial charge in [-0.3, -0.25) is 4.79 Å². The number of allylic oxidation sites excluding steroid dienone is 4. The third kappa shape index (κ3) is 15.7. The van der Waals surface area contributed by atoms with E-state index in [9.17, 15) is 9.90 Å². The summed E-state index contributed by atoms with van der Waals surface area (Å²) in [5.41, 5.74) is 3.03. The Morgan fingerprint density at radius 1 is 0.927 bits per heavy atom. The average Bonchev–Trinajstić information content (AvgIpc) is 3.77. The number of rotatable bonds is 18. The van der Waals surface area contributed by atoms with Gasteiger partial charge in [-0.05, 0) is 119 Å². The second-order valence-electron chi connectivity index (χ2n) is 14.2. The molecule has 0 saturated heterocycles. The maximum atomic E-state index is 12.2. The number of hydrogen-bond acceptors (Lipinski definition) is 2. The summed E-state index contributed by atoms with van der Waals surface area (Å²) in [6, 6.07) is 0. The van der Waals surface area contributed by atoms with Crippen molar-refractivity contribution < 1.29 is 9.90 Å². The number of ketones is 1. The molecule has 0 heterocycles. The Labute approximate surface area is 260 Å². The van der Waals surface area contributed by atoms with Gasteiger partial charge >= 0.3 is 0 Å². The molecule has 0 spiro atoms. The first kappa shape index (κ1) is 40.5. The second kappa shape index (κ2) is 20.5. The largest absolute Gasteiger partial charge is 0.390 e. The van der Waals surface area contributed by atoms with Crippen LogP contribution < -0.4 is 0 Å². The van der Waals surface area contributed by atoms with E-state index in [1.165, 1.54) is 38.5 Å². The van der Waals surface area contributed by atoms with Crippen molar-refractivity contribution in [1.82, 2.24) is 0 Å². The molecule has 3 heteroatoms. The van der Waals surface area contributed by atoms with Crippen LogP contribution in [0.3, 0.4) is 0 Å². The monoisotopic (exact) mass is 593 g/mol. The first-order valence-electron chi connectivity index (χ1n) is 17.6. The summed E-state index contributed by atoms with van der Waals surface area (Å²) in [6.07, 6.45) is 17.1.